The van der Waals surface area contributed by atoms with Gasteiger partial charge in [0.15, 0.2) is 0 Å². The molecule has 0 fully saturated rings. The minimum Gasteiger partial charge on any atom is -0.492 e. The second-order valence-corrected chi connectivity index (χ2v) is 4.52. The Morgan fingerprint density at radius 3 is 2.73 bits per heavy atom. The normalized spacial score (nSPS) is 9.82. The van der Waals surface area contributed by atoms with Gasteiger partial charge in [0.2, 0.25) is 0 Å². The van der Waals surface area contributed by atoms with E-state index in [1.807, 2.05) is 6.07 Å². The van der Waals surface area contributed by atoms with Crippen LogP contribution in [0, 0.1) is 28.4 Å². The van der Waals surface area contributed by atoms with Gasteiger partial charge in [-0.1, -0.05) is 0 Å². The molecule has 7 heteroatoms. The Balaban J connectivity index is 1.82. The van der Waals surface area contributed by atoms with E-state index in [4.69, 9.17) is 10.00 Å². The van der Waals surface area contributed by atoms with Gasteiger partial charge in [-0.05, 0) is 37.3 Å². The number of ether oxygens (including phenoxy) is 1. The van der Waals surface area contributed by atoms with E-state index in [1.54, 1.807) is 37.3 Å². The number of aromatic nitrogens is 1. The topological polar surface area (TPSA) is 101 Å². The van der Waals surface area contributed by atoms with Crippen LogP contribution in [0.2, 0.25) is 0 Å². The van der Waals surface area contributed by atoms with Crippen LogP contribution in [0.5, 0.6) is 5.75 Å². The highest BCUT2D eigenvalue weighted by atomic mass is 16.6. The van der Waals surface area contributed by atoms with E-state index in [0.29, 0.717) is 35.8 Å². The van der Waals surface area contributed by atoms with Crippen LogP contribution in [-0.4, -0.2) is 23.1 Å². The van der Waals surface area contributed by atoms with Crippen LogP contribution in [0.15, 0.2) is 36.5 Å². The maximum absolute atomic E-state index is 10.7. The summed E-state index contributed by atoms with van der Waals surface area (Å²) in [6.07, 6.45) is 1.24. The van der Waals surface area contributed by atoms with Crippen molar-refractivity contribution in [3.8, 4) is 11.8 Å². The summed E-state index contributed by atoms with van der Waals surface area (Å²) in [7, 11) is 0. The number of aryl methyl sites for hydroxylation is 1. The number of nitrogens with one attached hydrogen (secondary N) is 1. The second-order valence-electron chi connectivity index (χ2n) is 4.52. The molecule has 2 aromatic rings. The summed E-state index contributed by atoms with van der Waals surface area (Å²) in [5, 5.41) is 22.4. The first-order valence-electron chi connectivity index (χ1n) is 6.58. The molecule has 22 heavy (non-hydrogen) atoms. The number of hydrogen-bond acceptors (Lipinski definition) is 6. The lowest BCUT2D eigenvalue weighted by molar-refractivity contribution is -0.385. The molecule has 0 aliphatic carbocycles. The highest BCUT2D eigenvalue weighted by molar-refractivity contribution is 5.46. The van der Waals surface area contributed by atoms with E-state index >= 15 is 0 Å². The summed E-state index contributed by atoms with van der Waals surface area (Å²) >= 11 is 0. The van der Waals surface area contributed by atoms with Crippen molar-refractivity contribution in [2.45, 2.75) is 6.92 Å². The van der Waals surface area contributed by atoms with Crippen LogP contribution in [0.4, 0.5) is 11.5 Å². The molecule has 0 amide bonds. The Hall–Kier alpha value is -3.14. The van der Waals surface area contributed by atoms with Crippen LogP contribution in [0.1, 0.15) is 11.1 Å². The van der Waals surface area contributed by atoms with Crippen LogP contribution in [0.25, 0.3) is 0 Å². The fraction of sp³-hybridized carbons (Fsp3) is 0.200. The van der Waals surface area contributed by atoms with Crippen molar-refractivity contribution in [1.82, 2.24) is 4.98 Å². The molecular formula is C15H14N4O3. The molecule has 7 nitrogen and oxygen atoms in total. The minimum atomic E-state index is -0.458. The number of hydrogen-bond donors (Lipinski definition) is 1. The van der Waals surface area contributed by atoms with E-state index in [9.17, 15) is 10.1 Å². The Kier molecular flexibility index (Phi) is 4.88. The molecule has 1 heterocycles. The number of nitriles is 1. The smallest absolute Gasteiger partial charge is 0.290 e. The zero-order valence-electron chi connectivity index (χ0n) is 11.9. The molecule has 112 valence electrons. The summed E-state index contributed by atoms with van der Waals surface area (Å²) in [5.41, 5.74) is 1.13. The van der Waals surface area contributed by atoms with Crippen molar-refractivity contribution in [2.24, 2.45) is 0 Å². The fourth-order valence-corrected chi connectivity index (χ4v) is 1.81. The van der Waals surface area contributed by atoms with Crippen LogP contribution >= 0.6 is 0 Å². The van der Waals surface area contributed by atoms with Crippen molar-refractivity contribution in [1.29, 1.82) is 5.26 Å². The number of pyridine rings is 1. The monoisotopic (exact) mass is 298 g/mol. The maximum Gasteiger partial charge on any atom is 0.290 e. The Bertz CT molecular complexity index is 708. The summed E-state index contributed by atoms with van der Waals surface area (Å²) in [6, 6.07) is 10.5. The molecule has 0 bridgehead atoms. The lowest BCUT2D eigenvalue weighted by Crippen LogP contribution is -2.12. The van der Waals surface area contributed by atoms with Crippen LogP contribution in [0.3, 0.4) is 0 Å². The SMILES string of the molecule is Cc1cc(NCCOc2ccc(C#N)cc2)ncc1[N+](=O)[O-]. The number of benzene rings is 1. The van der Waals surface area contributed by atoms with Crippen molar-refractivity contribution in [2.75, 3.05) is 18.5 Å². The standard InChI is InChI=1S/C15H14N4O3/c1-11-8-15(18-10-14(11)19(20)21)17-6-7-22-13-4-2-12(9-16)3-5-13/h2-5,8,10H,6-7H2,1H3,(H,17,18). The Morgan fingerprint density at radius 2 is 2.14 bits per heavy atom. The molecule has 2 rings (SSSR count). The molecule has 1 aromatic carbocycles. The van der Waals surface area contributed by atoms with Gasteiger partial charge in [-0.2, -0.15) is 5.26 Å². The lowest BCUT2D eigenvalue weighted by Gasteiger charge is -2.08. The van der Waals surface area contributed by atoms with Crippen LogP contribution in [-0.2, 0) is 0 Å². The summed E-state index contributed by atoms with van der Waals surface area (Å²) < 4.78 is 5.51. The predicted octanol–water partition coefficient (Wildman–Crippen LogP) is 2.66. The average Bonchev–Trinajstić information content (AvgIpc) is 2.52. The average molecular weight is 298 g/mol. The third kappa shape index (κ3) is 3.93. The van der Waals surface area contributed by atoms with Gasteiger partial charge in [0.1, 0.15) is 24.4 Å². The highest BCUT2D eigenvalue weighted by Gasteiger charge is 2.10. The maximum atomic E-state index is 10.7. The van der Waals surface area contributed by atoms with Crippen molar-refractivity contribution >= 4 is 11.5 Å². The Morgan fingerprint density at radius 1 is 1.41 bits per heavy atom. The van der Waals surface area contributed by atoms with Gasteiger partial charge in [-0.25, -0.2) is 4.98 Å². The third-order valence-electron chi connectivity index (χ3n) is 2.94. The first-order chi connectivity index (χ1) is 10.6. The number of rotatable bonds is 6. The van der Waals surface area contributed by atoms with Crippen LogP contribution < -0.4 is 10.1 Å². The molecule has 0 saturated carbocycles. The van der Waals surface area contributed by atoms with Gasteiger partial charge in [-0.3, -0.25) is 10.1 Å². The zero-order valence-corrected chi connectivity index (χ0v) is 11.9. The van der Waals surface area contributed by atoms with Gasteiger partial charge in [0.25, 0.3) is 5.69 Å². The number of anilines is 1. The molecule has 0 atom stereocenters. The van der Waals surface area contributed by atoms with E-state index < -0.39 is 4.92 Å². The van der Waals surface area contributed by atoms with E-state index in [0.717, 1.165) is 0 Å². The quantitative estimate of drug-likeness (QED) is 0.500. The summed E-state index contributed by atoms with van der Waals surface area (Å²) in [4.78, 5) is 14.2. The molecule has 1 N–H and O–H groups in total. The van der Waals surface area contributed by atoms with Gasteiger partial charge >= 0.3 is 0 Å². The van der Waals surface area contributed by atoms with Crippen molar-refractivity contribution in [3.05, 3.63) is 57.8 Å². The molecule has 0 aliphatic heterocycles. The van der Waals surface area contributed by atoms with E-state index in [-0.39, 0.29) is 5.69 Å². The van der Waals surface area contributed by atoms with Gasteiger partial charge in [-0.15, -0.1) is 0 Å². The summed E-state index contributed by atoms with van der Waals surface area (Å²) in [5.74, 6) is 1.24. The molecule has 0 unspecified atom stereocenters. The van der Waals surface area contributed by atoms with Crippen molar-refractivity contribution < 1.29 is 9.66 Å². The molecule has 0 saturated heterocycles. The zero-order chi connectivity index (χ0) is 15.9. The summed E-state index contributed by atoms with van der Waals surface area (Å²) in [6.45, 7) is 2.58. The fourth-order valence-electron chi connectivity index (χ4n) is 1.81. The highest BCUT2D eigenvalue weighted by Crippen LogP contribution is 2.18. The van der Waals surface area contributed by atoms with Crippen molar-refractivity contribution in [3.63, 3.8) is 0 Å². The van der Waals surface area contributed by atoms with E-state index in [2.05, 4.69) is 10.3 Å². The molecule has 0 radical (unpaired) electrons. The molecule has 1 aromatic heterocycles. The third-order valence-corrected chi connectivity index (χ3v) is 2.94. The minimum absolute atomic E-state index is 0.000572. The Labute approximate surface area is 127 Å². The first-order valence-corrected chi connectivity index (χ1v) is 6.58. The van der Waals surface area contributed by atoms with Gasteiger partial charge in [0, 0.05) is 5.56 Å². The lowest BCUT2D eigenvalue weighted by atomic mass is 10.2. The van der Waals surface area contributed by atoms with Gasteiger partial charge in [0.05, 0.1) is 23.1 Å². The second kappa shape index (κ2) is 7.04. The molecular weight excluding hydrogens is 284 g/mol. The largest absolute Gasteiger partial charge is 0.492 e. The number of nitrogens with zero attached hydrogens (tertiary/aromatic N) is 3. The molecule has 0 aliphatic rings. The predicted molar refractivity (Wildman–Crippen MR) is 80.8 cm³/mol. The van der Waals surface area contributed by atoms with E-state index in [1.165, 1.54) is 6.20 Å². The molecule has 0 spiro atoms. The number of nitro groups is 1. The first kappa shape index (κ1) is 15.3. The van der Waals surface area contributed by atoms with Gasteiger partial charge < -0.3 is 10.1 Å².